The summed E-state index contributed by atoms with van der Waals surface area (Å²) in [5.74, 6) is -0.285. The summed E-state index contributed by atoms with van der Waals surface area (Å²) in [5.41, 5.74) is 13.5. The van der Waals surface area contributed by atoms with E-state index in [1.165, 1.54) is 25.7 Å². The van der Waals surface area contributed by atoms with Crippen molar-refractivity contribution in [2.24, 2.45) is 0 Å². The quantitative estimate of drug-likeness (QED) is 0.275. The van der Waals surface area contributed by atoms with Crippen LogP contribution in [-0.4, -0.2) is 32.4 Å². The Morgan fingerprint density at radius 3 is 1.28 bits per heavy atom. The fourth-order valence-corrected chi connectivity index (χ4v) is 5.60. The molecule has 0 amide bonds. The zero-order chi connectivity index (χ0) is 14.3. The summed E-state index contributed by atoms with van der Waals surface area (Å²) in [6, 6.07) is 0. The fourth-order valence-electron chi connectivity index (χ4n) is 1.24. The van der Waals surface area contributed by atoms with Gasteiger partial charge in [0.1, 0.15) is 0 Å². The van der Waals surface area contributed by atoms with Crippen LogP contribution >= 0.6 is 0 Å². The molecular formula is C8H18N3NaO4S2. The molecule has 0 fully saturated rings. The second-order valence-corrected chi connectivity index (χ2v) is 9.06. The molecule has 0 radical (unpaired) electrons. The third kappa shape index (κ3) is 5.07. The second-order valence-electron chi connectivity index (χ2n) is 3.38. The van der Waals surface area contributed by atoms with Crippen LogP contribution in [0.4, 0.5) is 0 Å². The second kappa shape index (κ2) is 9.17. The van der Waals surface area contributed by atoms with Gasteiger partial charge in [0.05, 0.1) is 0 Å². The average molecular weight is 307 g/mol. The van der Waals surface area contributed by atoms with Crippen molar-refractivity contribution in [1.29, 1.82) is 0 Å². The van der Waals surface area contributed by atoms with Crippen molar-refractivity contribution in [3.05, 3.63) is 16.0 Å². The predicted molar refractivity (Wildman–Crippen MR) is 67.7 cm³/mol. The number of sulfone groups is 2. The van der Waals surface area contributed by atoms with Crippen molar-refractivity contribution in [2.45, 2.75) is 38.2 Å². The van der Waals surface area contributed by atoms with Gasteiger partial charge in [-0.1, -0.05) is 20.8 Å². The minimum Gasteiger partial charge on any atom is -0.373 e. The molecule has 0 atom stereocenters. The van der Waals surface area contributed by atoms with E-state index < -0.39 is 23.8 Å². The van der Waals surface area contributed by atoms with Gasteiger partial charge in [-0.25, -0.2) is 16.8 Å². The maximum atomic E-state index is 11.7. The maximum absolute atomic E-state index is 11.7. The largest absolute Gasteiger partial charge is 1.00 e. The van der Waals surface area contributed by atoms with Crippen molar-refractivity contribution in [2.75, 3.05) is 11.5 Å². The summed E-state index contributed by atoms with van der Waals surface area (Å²) in [5, 5.41) is 0. The van der Waals surface area contributed by atoms with Gasteiger partial charge in [-0.05, 0) is 13.3 Å². The van der Waals surface area contributed by atoms with Crippen molar-refractivity contribution in [3.8, 4) is 0 Å². The normalized spacial score (nSPS) is 11.6. The Balaban J connectivity index is -0.000000507. The van der Waals surface area contributed by atoms with E-state index in [4.69, 9.17) is 11.1 Å². The van der Waals surface area contributed by atoms with Gasteiger partial charge in [0, 0.05) is 11.5 Å². The molecule has 0 aromatic heterocycles. The van der Waals surface area contributed by atoms with E-state index in [-0.39, 0.29) is 47.5 Å². The van der Waals surface area contributed by atoms with Gasteiger partial charge in [-0.15, -0.1) is 0 Å². The Morgan fingerprint density at radius 2 is 1.17 bits per heavy atom. The third-order valence-corrected chi connectivity index (χ3v) is 8.97. The summed E-state index contributed by atoms with van der Waals surface area (Å²) in [6.45, 7) is 5.81. The van der Waals surface area contributed by atoms with Gasteiger partial charge < -0.3 is 11.1 Å². The minimum absolute atomic E-state index is 0. The minimum atomic E-state index is -3.57. The van der Waals surface area contributed by atoms with Gasteiger partial charge in [0.25, 0.3) is 0 Å². The molecule has 0 unspecified atom stereocenters. The standard InChI is InChI=1S/C8H18O4S2.N3.Na/c1-5-8(4,13(9,10)6-2)14(11,12)7-3;1-3-2;/h5-7H2,1-4H3;;/q;-1;+1. The van der Waals surface area contributed by atoms with Crippen LogP contribution in [0.3, 0.4) is 0 Å². The summed E-state index contributed by atoms with van der Waals surface area (Å²) < 4.78 is 45.1. The SMILES string of the molecule is CCC(C)(S(=O)(=O)CC)S(=O)(=O)CC.[N-]=[N+]=[N-].[Na+]. The summed E-state index contributed by atoms with van der Waals surface area (Å²) in [7, 11) is -7.14. The third-order valence-electron chi connectivity index (χ3n) is 2.72. The first kappa shape index (κ1) is 23.3. The van der Waals surface area contributed by atoms with Crippen LogP contribution in [0.25, 0.3) is 16.0 Å². The predicted octanol–water partition coefficient (Wildman–Crippen LogP) is -1.15. The van der Waals surface area contributed by atoms with Crippen LogP contribution < -0.4 is 29.6 Å². The molecule has 0 spiro atoms. The number of nitrogens with zero attached hydrogens (tertiary/aromatic N) is 3. The van der Waals surface area contributed by atoms with Gasteiger partial charge in [0.2, 0.25) is 0 Å². The van der Waals surface area contributed by atoms with Crippen LogP contribution in [0, 0.1) is 0 Å². The molecule has 0 N–H and O–H groups in total. The van der Waals surface area contributed by atoms with E-state index in [0.717, 1.165) is 0 Å². The summed E-state index contributed by atoms with van der Waals surface area (Å²) >= 11 is 0. The topological polar surface area (TPSA) is 127 Å². The number of hydrogen-bond donors (Lipinski definition) is 0. The molecule has 102 valence electrons. The van der Waals surface area contributed by atoms with Crippen molar-refractivity contribution in [3.63, 3.8) is 0 Å². The average Bonchev–Trinajstić information content (AvgIpc) is 2.28. The Bertz CT molecular complexity index is 433. The zero-order valence-electron chi connectivity index (χ0n) is 11.4. The van der Waals surface area contributed by atoms with Gasteiger partial charge in [-0.2, -0.15) is 0 Å². The molecule has 18 heavy (non-hydrogen) atoms. The van der Waals surface area contributed by atoms with Crippen molar-refractivity contribution >= 4 is 19.7 Å². The smallest absolute Gasteiger partial charge is 0.373 e. The van der Waals surface area contributed by atoms with Crippen LogP contribution in [0.15, 0.2) is 0 Å². The van der Waals surface area contributed by atoms with Crippen molar-refractivity contribution in [1.82, 2.24) is 0 Å². The Morgan fingerprint density at radius 1 is 0.944 bits per heavy atom. The van der Waals surface area contributed by atoms with Gasteiger partial charge in [0.15, 0.2) is 23.8 Å². The Kier molecular flexibility index (Phi) is 11.9. The Hall–Kier alpha value is 0.210. The molecule has 0 saturated carbocycles. The number of hydrogen-bond acceptors (Lipinski definition) is 4. The Labute approximate surface area is 131 Å². The van der Waals surface area contributed by atoms with E-state index in [2.05, 4.69) is 0 Å². The summed E-state index contributed by atoms with van der Waals surface area (Å²) in [4.78, 5) is 1.50. The molecule has 0 heterocycles. The molecule has 0 aliphatic heterocycles. The number of rotatable bonds is 5. The van der Waals surface area contributed by atoms with Crippen LogP contribution in [0.5, 0.6) is 0 Å². The van der Waals surface area contributed by atoms with Gasteiger partial charge in [-0.3, -0.25) is 4.91 Å². The van der Waals surface area contributed by atoms with Crippen molar-refractivity contribution < 1.29 is 46.4 Å². The van der Waals surface area contributed by atoms with E-state index in [1.54, 1.807) is 6.92 Å². The summed E-state index contributed by atoms with van der Waals surface area (Å²) in [6.07, 6.45) is 0.0966. The van der Waals surface area contributed by atoms with E-state index >= 15 is 0 Å². The molecule has 7 nitrogen and oxygen atoms in total. The van der Waals surface area contributed by atoms with Gasteiger partial charge >= 0.3 is 29.6 Å². The molecule has 10 heteroatoms. The molecule has 0 aliphatic rings. The molecule has 0 aromatic rings. The molecule has 0 bridgehead atoms. The molecular weight excluding hydrogens is 289 g/mol. The maximum Gasteiger partial charge on any atom is 1.00 e. The first-order valence-corrected chi connectivity index (χ1v) is 8.33. The molecule has 0 rings (SSSR count). The molecule has 0 saturated heterocycles. The zero-order valence-corrected chi connectivity index (χ0v) is 15.0. The van der Waals surface area contributed by atoms with Crippen LogP contribution in [0.1, 0.15) is 34.1 Å². The fraction of sp³-hybridized carbons (Fsp3) is 1.00. The molecule has 0 aromatic carbocycles. The monoisotopic (exact) mass is 307 g/mol. The van der Waals surface area contributed by atoms with E-state index in [9.17, 15) is 16.8 Å². The van der Waals surface area contributed by atoms with Crippen LogP contribution in [-0.2, 0) is 19.7 Å². The van der Waals surface area contributed by atoms with E-state index in [1.807, 2.05) is 0 Å². The van der Waals surface area contributed by atoms with E-state index in [0.29, 0.717) is 0 Å². The van der Waals surface area contributed by atoms with Crippen LogP contribution in [0.2, 0.25) is 0 Å². The first-order valence-electron chi connectivity index (χ1n) is 5.03. The first-order chi connectivity index (χ1) is 7.60. The molecule has 0 aliphatic carbocycles.